The minimum absolute atomic E-state index is 0.414. The van der Waals surface area contributed by atoms with E-state index in [1.54, 1.807) is 0 Å². The second kappa shape index (κ2) is 3.81. The number of primary amides is 1. The van der Waals surface area contributed by atoms with Crippen molar-refractivity contribution in [3.63, 3.8) is 0 Å². The van der Waals surface area contributed by atoms with Crippen LogP contribution in [0.25, 0.3) is 0 Å². The highest BCUT2D eigenvalue weighted by Gasteiger charge is 2.27. The lowest BCUT2D eigenvalue weighted by molar-refractivity contribution is -0.124. The molecule has 1 atom stereocenters. The predicted octanol–water partition coefficient (Wildman–Crippen LogP) is 0.759. The van der Waals surface area contributed by atoms with E-state index < -0.39 is 12.0 Å². The third kappa shape index (κ3) is 1.75. The standard InChI is InChI=1S/C11H14N2O2/c1-2-13-7-10(11(12)14)15-9-6-4-3-5-8(9)13/h3-6,10H,2,7H2,1H3,(H2,12,14). The first kappa shape index (κ1) is 9.83. The highest BCUT2D eigenvalue weighted by Crippen LogP contribution is 2.32. The van der Waals surface area contributed by atoms with Gasteiger partial charge in [0, 0.05) is 6.54 Å². The van der Waals surface area contributed by atoms with E-state index in [2.05, 4.69) is 4.90 Å². The van der Waals surface area contributed by atoms with Crippen LogP contribution in [-0.4, -0.2) is 25.1 Å². The summed E-state index contributed by atoms with van der Waals surface area (Å²) >= 11 is 0. The predicted molar refractivity (Wildman–Crippen MR) is 57.9 cm³/mol. The third-order valence-corrected chi connectivity index (χ3v) is 2.56. The maximum Gasteiger partial charge on any atom is 0.260 e. The van der Waals surface area contributed by atoms with E-state index in [0.717, 1.165) is 18.0 Å². The van der Waals surface area contributed by atoms with Crippen LogP contribution in [0, 0.1) is 0 Å². The Morgan fingerprint density at radius 3 is 3.00 bits per heavy atom. The molecule has 1 heterocycles. The molecule has 1 aliphatic heterocycles. The SMILES string of the molecule is CCN1CC(C(N)=O)Oc2ccccc21. The van der Waals surface area contributed by atoms with E-state index in [1.807, 2.05) is 31.2 Å². The molecule has 1 aliphatic rings. The molecule has 2 rings (SSSR count). The fourth-order valence-electron chi connectivity index (χ4n) is 1.75. The van der Waals surface area contributed by atoms with Crippen LogP contribution in [0.15, 0.2) is 24.3 Å². The van der Waals surface area contributed by atoms with Gasteiger partial charge in [-0.15, -0.1) is 0 Å². The Hall–Kier alpha value is -1.71. The van der Waals surface area contributed by atoms with Crippen LogP contribution in [0.3, 0.4) is 0 Å². The van der Waals surface area contributed by atoms with E-state index in [0.29, 0.717) is 6.54 Å². The van der Waals surface area contributed by atoms with Gasteiger partial charge in [0.05, 0.1) is 12.2 Å². The molecule has 1 amide bonds. The summed E-state index contributed by atoms with van der Waals surface area (Å²) in [4.78, 5) is 13.2. The molecule has 0 spiro atoms. The van der Waals surface area contributed by atoms with Crippen molar-refractivity contribution in [3.05, 3.63) is 24.3 Å². The first-order chi connectivity index (χ1) is 7.22. The summed E-state index contributed by atoms with van der Waals surface area (Å²) in [5.74, 6) is 0.317. The molecule has 0 saturated heterocycles. The fraction of sp³-hybridized carbons (Fsp3) is 0.364. The number of rotatable bonds is 2. The van der Waals surface area contributed by atoms with Crippen LogP contribution in [0.2, 0.25) is 0 Å². The average Bonchev–Trinajstić information content (AvgIpc) is 2.27. The number of nitrogens with two attached hydrogens (primary N) is 1. The number of para-hydroxylation sites is 2. The van der Waals surface area contributed by atoms with Crippen molar-refractivity contribution in [2.45, 2.75) is 13.0 Å². The van der Waals surface area contributed by atoms with Gasteiger partial charge in [-0.05, 0) is 19.1 Å². The monoisotopic (exact) mass is 206 g/mol. The maximum atomic E-state index is 11.1. The van der Waals surface area contributed by atoms with Gasteiger partial charge in [-0.3, -0.25) is 4.79 Å². The molecule has 0 saturated carbocycles. The highest BCUT2D eigenvalue weighted by atomic mass is 16.5. The molecule has 4 heteroatoms. The van der Waals surface area contributed by atoms with Crippen LogP contribution < -0.4 is 15.4 Å². The number of benzene rings is 1. The Morgan fingerprint density at radius 1 is 1.60 bits per heavy atom. The molecule has 0 aliphatic carbocycles. The normalized spacial score (nSPS) is 19.3. The first-order valence-corrected chi connectivity index (χ1v) is 5.02. The van der Waals surface area contributed by atoms with E-state index >= 15 is 0 Å². The molecule has 15 heavy (non-hydrogen) atoms. The number of likely N-dealkylation sites (N-methyl/N-ethyl adjacent to an activating group) is 1. The van der Waals surface area contributed by atoms with Gasteiger partial charge in [0.25, 0.3) is 5.91 Å². The number of hydrogen-bond acceptors (Lipinski definition) is 3. The van der Waals surface area contributed by atoms with Gasteiger partial charge in [0.2, 0.25) is 0 Å². The van der Waals surface area contributed by atoms with Crippen LogP contribution in [0.4, 0.5) is 5.69 Å². The average molecular weight is 206 g/mol. The molecule has 0 bridgehead atoms. The van der Waals surface area contributed by atoms with Crippen molar-refractivity contribution >= 4 is 11.6 Å². The zero-order valence-electron chi connectivity index (χ0n) is 8.64. The third-order valence-electron chi connectivity index (χ3n) is 2.56. The molecule has 4 nitrogen and oxygen atoms in total. The highest BCUT2D eigenvalue weighted by molar-refractivity contribution is 5.81. The Balaban J connectivity index is 2.34. The molecule has 80 valence electrons. The molecule has 1 aromatic rings. The number of fused-ring (bicyclic) bond motifs is 1. The lowest BCUT2D eigenvalue weighted by Crippen LogP contribution is -2.47. The Labute approximate surface area is 88.6 Å². The quantitative estimate of drug-likeness (QED) is 0.777. The summed E-state index contributed by atoms with van der Waals surface area (Å²) in [5.41, 5.74) is 6.28. The number of nitrogens with zero attached hydrogens (tertiary/aromatic N) is 1. The number of anilines is 1. The summed E-state index contributed by atoms with van der Waals surface area (Å²) < 4.78 is 5.51. The van der Waals surface area contributed by atoms with Gasteiger partial charge in [-0.2, -0.15) is 0 Å². The van der Waals surface area contributed by atoms with Gasteiger partial charge < -0.3 is 15.4 Å². The van der Waals surface area contributed by atoms with Gasteiger partial charge >= 0.3 is 0 Å². The fourth-order valence-corrected chi connectivity index (χ4v) is 1.75. The van der Waals surface area contributed by atoms with Crippen molar-refractivity contribution in [1.29, 1.82) is 0 Å². The van der Waals surface area contributed by atoms with Crippen molar-refractivity contribution in [2.24, 2.45) is 5.73 Å². The summed E-state index contributed by atoms with van der Waals surface area (Å²) in [7, 11) is 0. The second-order valence-corrected chi connectivity index (χ2v) is 3.52. The molecule has 1 aromatic carbocycles. The molecule has 0 fully saturated rings. The Kier molecular flexibility index (Phi) is 2.49. The molecule has 0 radical (unpaired) electrons. The molecular weight excluding hydrogens is 192 g/mol. The van der Waals surface area contributed by atoms with Crippen LogP contribution in [-0.2, 0) is 4.79 Å². The number of carbonyl (C=O) groups excluding carboxylic acids is 1. The lowest BCUT2D eigenvalue weighted by atomic mass is 10.2. The van der Waals surface area contributed by atoms with Gasteiger partial charge in [-0.1, -0.05) is 12.1 Å². The first-order valence-electron chi connectivity index (χ1n) is 5.02. The van der Waals surface area contributed by atoms with Crippen LogP contribution in [0.5, 0.6) is 5.75 Å². The number of hydrogen-bond donors (Lipinski definition) is 1. The van der Waals surface area contributed by atoms with Gasteiger partial charge in [-0.25, -0.2) is 0 Å². The van der Waals surface area contributed by atoms with E-state index in [-0.39, 0.29) is 0 Å². The molecule has 1 unspecified atom stereocenters. The van der Waals surface area contributed by atoms with E-state index in [4.69, 9.17) is 10.5 Å². The zero-order valence-corrected chi connectivity index (χ0v) is 8.64. The minimum Gasteiger partial charge on any atom is -0.477 e. The Morgan fingerprint density at radius 2 is 2.33 bits per heavy atom. The summed E-state index contributed by atoms with van der Waals surface area (Å²) in [6.45, 7) is 3.41. The topological polar surface area (TPSA) is 55.6 Å². The van der Waals surface area contributed by atoms with Crippen molar-refractivity contribution in [2.75, 3.05) is 18.0 Å². The second-order valence-electron chi connectivity index (χ2n) is 3.52. The number of ether oxygens (including phenoxy) is 1. The van der Waals surface area contributed by atoms with Crippen molar-refractivity contribution in [3.8, 4) is 5.75 Å². The van der Waals surface area contributed by atoms with Gasteiger partial charge in [0.1, 0.15) is 5.75 Å². The van der Waals surface area contributed by atoms with Crippen LogP contribution in [0.1, 0.15) is 6.92 Å². The summed E-state index contributed by atoms with van der Waals surface area (Å²) in [6, 6.07) is 7.68. The Bertz CT molecular complexity index is 379. The largest absolute Gasteiger partial charge is 0.477 e. The van der Waals surface area contributed by atoms with E-state index in [1.165, 1.54) is 0 Å². The number of carbonyl (C=O) groups is 1. The molecular formula is C11H14N2O2. The molecule has 2 N–H and O–H groups in total. The zero-order chi connectivity index (χ0) is 10.8. The van der Waals surface area contributed by atoms with Crippen molar-refractivity contribution < 1.29 is 9.53 Å². The summed E-state index contributed by atoms with van der Waals surface area (Å²) in [5, 5.41) is 0. The number of amides is 1. The minimum atomic E-state index is -0.542. The lowest BCUT2D eigenvalue weighted by Gasteiger charge is -2.34. The molecule has 0 aromatic heterocycles. The van der Waals surface area contributed by atoms with Crippen LogP contribution >= 0.6 is 0 Å². The van der Waals surface area contributed by atoms with Gasteiger partial charge in [0.15, 0.2) is 6.10 Å². The van der Waals surface area contributed by atoms with Crippen molar-refractivity contribution in [1.82, 2.24) is 0 Å². The maximum absolute atomic E-state index is 11.1. The smallest absolute Gasteiger partial charge is 0.260 e. The summed E-state index contributed by atoms with van der Waals surface area (Å²) in [6.07, 6.45) is -0.542. The van der Waals surface area contributed by atoms with E-state index in [9.17, 15) is 4.79 Å².